The number of benzene rings is 1. The number of nitrogens with zero attached hydrogens (tertiary/aromatic N) is 3. The quantitative estimate of drug-likeness (QED) is 0.653. The van der Waals surface area contributed by atoms with Crippen LogP contribution in [0.2, 0.25) is 0 Å². The molecule has 1 aliphatic rings. The Morgan fingerprint density at radius 2 is 2.04 bits per heavy atom. The summed E-state index contributed by atoms with van der Waals surface area (Å²) in [5.74, 6) is 0. The van der Waals surface area contributed by atoms with Crippen molar-refractivity contribution in [1.82, 2.24) is 9.47 Å². The molecule has 4 nitrogen and oxygen atoms in total. The highest BCUT2D eigenvalue weighted by Crippen LogP contribution is 2.26. The minimum atomic E-state index is -0.119. The number of likely N-dealkylation sites (tertiary alicyclic amines) is 1. The standard InChI is InChI=1S/C17H17N3OS2/c1-12-10-13-11-14(4-5-15(13)23-12)20-8-9-22-17(20)18-16(21)19-6-2-3-7-19/h4-5,8-11H,2-3,6-7H2,1H3. The van der Waals surface area contributed by atoms with Crippen molar-refractivity contribution in [3.8, 4) is 5.69 Å². The van der Waals surface area contributed by atoms with Gasteiger partial charge in [0.05, 0.1) is 0 Å². The van der Waals surface area contributed by atoms with Gasteiger partial charge in [-0.15, -0.1) is 22.7 Å². The van der Waals surface area contributed by atoms with Gasteiger partial charge in [-0.1, -0.05) is 0 Å². The summed E-state index contributed by atoms with van der Waals surface area (Å²) >= 11 is 3.29. The van der Waals surface area contributed by atoms with Crippen LogP contribution in [-0.2, 0) is 0 Å². The minimum Gasteiger partial charge on any atom is -0.323 e. The summed E-state index contributed by atoms with van der Waals surface area (Å²) in [4.78, 5) is 20.5. The average Bonchev–Trinajstić information content (AvgIpc) is 3.26. The van der Waals surface area contributed by atoms with E-state index < -0.39 is 0 Å². The Morgan fingerprint density at radius 3 is 2.87 bits per heavy atom. The average molecular weight is 343 g/mol. The molecule has 0 N–H and O–H groups in total. The summed E-state index contributed by atoms with van der Waals surface area (Å²) in [6, 6.07) is 8.46. The number of fused-ring (bicyclic) bond motifs is 1. The summed E-state index contributed by atoms with van der Waals surface area (Å²) in [7, 11) is 0. The van der Waals surface area contributed by atoms with Crippen LogP contribution in [0.15, 0.2) is 40.8 Å². The molecule has 0 radical (unpaired) electrons. The van der Waals surface area contributed by atoms with Crippen LogP contribution in [0.1, 0.15) is 17.7 Å². The molecule has 0 atom stereocenters. The van der Waals surface area contributed by atoms with Gasteiger partial charge in [-0.05, 0) is 49.4 Å². The largest absolute Gasteiger partial charge is 0.346 e. The summed E-state index contributed by atoms with van der Waals surface area (Å²) in [6.45, 7) is 3.78. The molecule has 0 spiro atoms. The number of amides is 2. The zero-order chi connectivity index (χ0) is 15.8. The number of aryl methyl sites for hydroxylation is 1. The molecule has 1 aromatic carbocycles. The maximum atomic E-state index is 12.3. The smallest absolute Gasteiger partial charge is 0.323 e. The van der Waals surface area contributed by atoms with Crippen molar-refractivity contribution in [3.63, 3.8) is 0 Å². The van der Waals surface area contributed by atoms with Gasteiger partial charge in [-0.3, -0.25) is 4.57 Å². The summed E-state index contributed by atoms with van der Waals surface area (Å²) < 4.78 is 3.28. The maximum absolute atomic E-state index is 12.3. The van der Waals surface area contributed by atoms with Crippen molar-refractivity contribution in [2.75, 3.05) is 13.1 Å². The van der Waals surface area contributed by atoms with Gasteiger partial charge in [0.1, 0.15) is 0 Å². The molecule has 1 saturated heterocycles. The van der Waals surface area contributed by atoms with E-state index in [4.69, 9.17) is 0 Å². The van der Waals surface area contributed by atoms with Crippen LogP contribution in [0.3, 0.4) is 0 Å². The Morgan fingerprint density at radius 1 is 1.22 bits per heavy atom. The molecule has 0 aliphatic carbocycles. The zero-order valence-corrected chi connectivity index (χ0v) is 14.5. The lowest BCUT2D eigenvalue weighted by Crippen LogP contribution is -2.27. The fourth-order valence-corrected chi connectivity index (χ4v) is 4.54. The van der Waals surface area contributed by atoms with Crippen molar-refractivity contribution in [3.05, 3.63) is 45.5 Å². The first-order chi connectivity index (χ1) is 11.2. The highest BCUT2D eigenvalue weighted by atomic mass is 32.1. The van der Waals surface area contributed by atoms with Gasteiger partial charge in [0.2, 0.25) is 0 Å². The van der Waals surface area contributed by atoms with Gasteiger partial charge < -0.3 is 4.90 Å². The first kappa shape index (κ1) is 14.7. The van der Waals surface area contributed by atoms with Gasteiger partial charge in [0, 0.05) is 39.9 Å². The maximum Gasteiger partial charge on any atom is 0.346 e. The normalized spacial score (nSPS) is 15.7. The first-order valence-electron chi connectivity index (χ1n) is 7.71. The number of hydrogen-bond acceptors (Lipinski definition) is 3. The van der Waals surface area contributed by atoms with E-state index in [0.717, 1.165) is 36.4 Å². The molecule has 2 amide bonds. The molecule has 118 valence electrons. The van der Waals surface area contributed by atoms with E-state index in [0.29, 0.717) is 0 Å². The fraction of sp³-hybridized carbons (Fsp3) is 0.294. The lowest BCUT2D eigenvalue weighted by atomic mass is 10.2. The molecule has 4 rings (SSSR count). The number of urea groups is 1. The molecule has 3 aromatic rings. The van der Waals surface area contributed by atoms with Gasteiger partial charge in [0.25, 0.3) is 0 Å². The summed E-state index contributed by atoms with van der Waals surface area (Å²) in [5, 5.41) is 3.21. The number of hydrogen-bond donors (Lipinski definition) is 0. The third-order valence-corrected chi connectivity index (χ3v) is 5.85. The number of carbonyl (C=O) groups excluding carboxylic acids is 1. The van der Waals surface area contributed by atoms with Crippen molar-refractivity contribution in [1.29, 1.82) is 0 Å². The molecule has 6 heteroatoms. The molecule has 23 heavy (non-hydrogen) atoms. The third-order valence-electron chi connectivity index (χ3n) is 4.06. The predicted molar refractivity (Wildman–Crippen MR) is 95.5 cm³/mol. The second-order valence-corrected chi connectivity index (χ2v) is 7.88. The second-order valence-electron chi connectivity index (χ2n) is 5.72. The summed E-state index contributed by atoms with van der Waals surface area (Å²) in [5.41, 5.74) is 1.05. The van der Waals surface area contributed by atoms with Crippen molar-refractivity contribution >= 4 is 38.8 Å². The number of thiophene rings is 1. The van der Waals surface area contributed by atoms with Gasteiger partial charge >= 0.3 is 6.03 Å². The molecular formula is C17H17N3OS2. The Balaban J connectivity index is 1.74. The number of aromatic nitrogens is 1. The Labute approximate surface area is 142 Å². The fourth-order valence-electron chi connectivity index (χ4n) is 2.92. The van der Waals surface area contributed by atoms with Crippen LogP contribution in [0.4, 0.5) is 4.79 Å². The van der Waals surface area contributed by atoms with Gasteiger partial charge in [-0.2, -0.15) is 4.99 Å². The topological polar surface area (TPSA) is 37.6 Å². The Kier molecular flexibility index (Phi) is 3.79. The Hall–Kier alpha value is -1.92. The highest BCUT2D eigenvalue weighted by molar-refractivity contribution is 7.19. The van der Waals surface area contributed by atoms with Crippen LogP contribution in [0.5, 0.6) is 0 Å². The Bertz CT molecular complexity index is 929. The molecule has 0 unspecified atom stereocenters. The summed E-state index contributed by atoms with van der Waals surface area (Å²) in [6.07, 6.45) is 4.14. The van der Waals surface area contributed by atoms with Crippen LogP contribution in [0.25, 0.3) is 15.8 Å². The molecule has 0 saturated carbocycles. The molecule has 1 fully saturated rings. The predicted octanol–water partition coefficient (Wildman–Crippen LogP) is 4.18. The lowest BCUT2D eigenvalue weighted by molar-refractivity contribution is 0.218. The molecule has 1 aliphatic heterocycles. The van der Waals surface area contributed by atoms with E-state index in [1.54, 1.807) is 11.3 Å². The van der Waals surface area contributed by atoms with E-state index >= 15 is 0 Å². The zero-order valence-electron chi connectivity index (χ0n) is 12.9. The highest BCUT2D eigenvalue weighted by Gasteiger charge is 2.17. The van der Waals surface area contributed by atoms with Crippen LogP contribution < -0.4 is 4.80 Å². The van der Waals surface area contributed by atoms with Crippen molar-refractivity contribution in [2.45, 2.75) is 19.8 Å². The number of rotatable bonds is 1. The van der Waals surface area contributed by atoms with Crippen LogP contribution in [0, 0.1) is 6.92 Å². The van der Waals surface area contributed by atoms with E-state index in [-0.39, 0.29) is 6.03 Å². The second kappa shape index (κ2) is 5.94. The van der Waals surface area contributed by atoms with Gasteiger partial charge in [0.15, 0.2) is 4.80 Å². The SMILES string of the molecule is Cc1cc2cc(-n3ccsc3=NC(=O)N3CCCC3)ccc2s1. The molecule has 2 aromatic heterocycles. The van der Waals surface area contributed by atoms with Crippen molar-refractivity contribution < 1.29 is 4.79 Å². The van der Waals surface area contributed by atoms with Crippen molar-refractivity contribution in [2.24, 2.45) is 4.99 Å². The van der Waals surface area contributed by atoms with E-state index in [9.17, 15) is 4.79 Å². The van der Waals surface area contributed by atoms with Crippen LogP contribution in [-0.4, -0.2) is 28.6 Å². The minimum absolute atomic E-state index is 0.119. The molecular weight excluding hydrogens is 326 g/mol. The molecule has 3 heterocycles. The monoisotopic (exact) mass is 343 g/mol. The van der Waals surface area contributed by atoms with E-state index in [2.05, 4.69) is 36.2 Å². The number of thiazole rings is 1. The first-order valence-corrected chi connectivity index (χ1v) is 9.41. The van der Waals surface area contributed by atoms with E-state index in [1.807, 2.05) is 21.0 Å². The number of carbonyl (C=O) groups is 1. The molecule has 0 bridgehead atoms. The van der Waals surface area contributed by atoms with E-state index in [1.165, 1.54) is 26.3 Å². The van der Waals surface area contributed by atoms with Crippen LogP contribution >= 0.6 is 22.7 Å². The van der Waals surface area contributed by atoms with Gasteiger partial charge in [-0.25, -0.2) is 4.79 Å². The third kappa shape index (κ3) is 2.84. The lowest BCUT2D eigenvalue weighted by Gasteiger charge is -2.10.